The van der Waals surface area contributed by atoms with E-state index in [1.54, 1.807) is 0 Å². The van der Waals surface area contributed by atoms with Crippen LogP contribution in [0.5, 0.6) is 0 Å². The van der Waals surface area contributed by atoms with Crippen LogP contribution in [0.25, 0.3) is 0 Å². The average molecular weight is 343 g/mol. The fraction of sp³-hybridized carbons (Fsp3) is 0.174. The standard InChI is InChI=1S/C23H21NS/c1-16-7-11-18(12-8-16)21-15-23(19-13-9-17(2)10-14-19)25-22-6-4-3-5-20(22)24-21/h3-14,23H,15H2,1-2H3. The molecule has 0 spiro atoms. The van der Waals surface area contributed by atoms with Gasteiger partial charge in [0, 0.05) is 22.3 Å². The van der Waals surface area contributed by atoms with Crippen molar-refractivity contribution in [1.82, 2.24) is 0 Å². The maximum atomic E-state index is 5.03. The smallest absolute Gasteiger partial charge is 0.0769 e. The molecule has 1 aliphatic rings. The van der Waals surface area contributed by atoms with Gasteiger partial charge >= 0.3 is 0 Å². The Hall–Kier alpha value is -2.32. The van der Waals surface area contributed by atoms with Crippen LogP contribution in [-0.4, -0.2) is 5.71 Å². The third-order valence-electron chi connectivity index (χ3n) is 4.60. The Bertz CT molecular complexity index is 908. The first-order valence-electron chi connectivity index (χ1n) is 8.66. The lowest BCUT2D eigenvalue weighted by Gasteiger charge is -2.16. The van der Waals surface area contributed by atoms with Gasteiger partial charge in [-0.15, -0.1) is 11.8 Å². The number of benzene rings is 3. The lowest BCUT2D eigenvalue weighted by molar-refractivity contribution is 1.01. The molecule has 0 radical (unpaired) electrons. The fourth-order valence-corrected chi connectivity index (χ4v) is 4.34. The first kappa shape index (κ1) is 16.2. The molecule has 1 heterocycles. The highest BCUT2D eigenvalue weighted by Crippen LogP contribution is 2.45. The van der Waals surface area contributed by atoms with Crippen molar-refractivity contribution in [3.8, 4) is 0 Å². The molecule has 0 amide bonds. The van der Waals surface area contributed by atoms with Gasteiger partial charge in [-0.3, -0.25) is 4.99 Å². The first-order valence-corrected chi connectivity index (χ1v) is 9.54. The zero-order chi connectivity index (χ0) is 17.2. The number of rotatable bonds is 2. The number of fused-ring (bicyclic) bond motifs is 1. The van der Waals surface area contributed by atoms with Crippen molar-refractivity contribution in [2.75, 3.05) is 0 Å². The van der Waals surface area contributed by atoms with E-state index in [0.717, 1.165) is 12.1 Å². The van der Waals surface area contributed by atoms with E-state index >= 15 is 0 Å². The molecule has 1 aliphatic heterocycles. The molecule has 1 nitrogen and oxygen atoms in total. The highest BCUT2D eigenvalue weighted by Gasteiger charge is 2.22. The van der Waals surface area contributed by atoms with Crippen LogP contribution in [0.15, 0.2) is 82.7 Å². The number of aryl methyl sites for hydroxylation is 2. The molecule has 2 heteroatoms. The van der Waals surface area contributed by atoms with E-state index in [4.69, 9.17) is 4.99 Å². The molecule has 0 saturated heterocycles. The SMILES string of the molecule is Cc1ccc(C2=Nc3ccccc3SC(c3ccc(C)cc3)C2)cc1. The molecular weight excluding hydrogens is 322 g/mol. The van der Waals surface area contributed by atoms with Gasteiger partial charge in [0.2, 0.25) is 0 Å². The highest BCUT2D eigenvalue weighted by atomic mass is 32.2. The summed E-state index contributed by atoms with van der Waals surface area (Å²) in [5.74, 6) is 0. The van der Waals surface area contributed by atoms with Crippen LogP contribution in [0.1, 0.15) is 33.9 Å². The molecule has 25 heavy (non-hydrogen) atoms. The van der Waals surface area contributed by atoms with Crippen LogP contribution < -0.4 is 0 Å². The van der Waals surface area contributed by atoms with Crippen LogP contribution >= 0.6 is 11.8 Å². The van der Waals surface area contributed by atoms with Gasteiger partial charge in [-0.05, 0) is 37.1 Å². The van der Waals surface area contributed by atoms with Crippen molar-refractivity contribution >= 4 is 23.2 Å². The van der Waals surface area contributed by atoms with Crippen molar-refractivity contribution in [3.63, 3.8) is 0 Å². The molecule has 0 N–H and O–H groups in total. The monoisotopic (exact) mass is 343 g/mol. The number of nitrogens with zero attached hydrogens (tertiary/aromatic N) is 1. The predicted octanol–water partition coefficient (Wildman–Crippen LogP) is 6.66. The summed E-state index contributed by atoms with van der Waals surface area (Å²) < 4.78 is 0. The van der Waals surface area contributed by atoms with Gasteiger partial charge in [-0.1, -0.05) is 71.8 Å². The minimum Gasteiger partial charge on any atom is -0.252 e. The van der Waals surface area contributed by atoms with Crippen LogP contribution in [0.4, 0.5) is 5.69 Å². The van der Waals surface area contributed by atoms with E-state index in [9.17, 15) is 0 Å². The summed E-state index contributed by atoms with van der Waals surface area (Å²) in [6.07, 6.45) is 0.936. The zero-order valence-electron chi connectivity index (χ0n) is 14.6. The van der Waals surface area contributed by atoms with Crippen molar-refractivity contribution in [3.05, 3.63) is 95.1 Å². The van der Waals surface area contributed by atoms with E-state index in [-0.39, 0.29) is 0 Å². The molecular formula is C23H21NS. The van der Waals surface area contributed by atoms with Crippen LogP contribution in [0.3, 0.4) is 0 Å². The number of para-hydroxylation sites is 1. The third kappa shape index (κ3) is 3.54. The third-order valence-corrected chi connectivity index (χ3v) is 5.93. The number of aliphatic imine (C=N–C) groups is 1. The second kappa shape index (κ2) is 6.89. The molecule has 0 bridgehead atoms. The molecule has 4 rings (SSSR count). The summed E-state index contributed by atoms with van der Waals surface area (Å²) >= 11 is 1.92. The van der Waals surface area contributed by atoms with Crippen LogP contribution in [0.2, 0.25) is 0 Å². The lowest BCUT2D eigenvalue weighted by Crippen LogP contribution is -2.05. The molecule has 3 aromatic carbocycles. The summed E-state index contributed by atoms with van der Waals surface area (Å²) in [6.45, 7) is 4.26. The van der Waals surface area contributed by atoms with E-state index in [1.165, 1.54) is 32.9 Å². The normalized spacial score (nSPS) is 16.7. The van der Waals surface area contributed by atoms with Crippen molar-refractivity contribution in [2.24, 2.45) is 4.99 Å². The van der Waals surface area contributed by atoms with Gasteiger partial charge in [-0.25, -0.2) is 0 Å². The van der Waals surface area contributed by atoms with Crippen molar-refractivity contribution in [2.45, 2.75) is 30.4 Å². The van der Waals surface area contributed by atoms with Crippen molar-refractivity contribution in [1.29, 1.82) is 0 Å². The fourth-order valence-electron chi connectivity index (χ4n) is 3.11. The molecule has 0 saturated carbocycles. The van der Waals surface area contributed by atoms with E-state index in [2.05, 4.69) is 86.6 Å². The lowest BCUT2D eigenvalue weighted by atomic mass is 10.00. The first-order chi connectivity index (χ1) is 12.2. The second-order valence-corrected chi connectivity index (χ2v) is 7.86. The minimum absolute atomic E-state index is 0.379. The average Bonchev–Trinajstić information content (AvgIpc) is 2.82. The summed E-state index contributed by atoms with van der Waals surface area (Å²) in [5, 5.41) is 0.379. The topological polar surface area (TPSA) is 12.4 Å². The minimum atomic E-state index is 0.379. The maximum Gasteiger partial charge on any atom is 0.0769 e. The number of thioether (sulfide) groups is 1. The zero-order valence-corrected chi connectivity index (χ0v) is 15.4. The number of hydrogen-bond acceptors (Lipinski definition) is 2. The largest absolute Gasteiger partial charge is 0.252 e. The van der Waals surface area contributed by atoms with Gasteiger partial charge in [0.15, 0.2) is 0 Å². The van der Waals surface area contributed by atoms with Crippen LogP contribution in [-0.2, 0) is 0 Å². The Morgan fingerprint density at radius 1 is 0.800 bits per heavy atom. The van der Waals surface area contributed by atoms with Crippen molar-refractivity contribution < 1.29 is 0 Å². The van der Waals surface area contributed by atoms with Gasteiger partial charge in [0.1, 0.15) is 0 Å². The van der Waals surface area contributed by atoms with Gasteiger partial charge in [-0.2, -0.15) is 0 Å². The molecule has 1 atom stereocenters. The summed E-state index contributed by atoms with van der Waals surface area (Å²) in [6, 6.07) is 26.1. The molecule has 1 unspecified atom stereocenters. The Kier molecular flexibility index (Phi) is 4.46. The predicted molar refractivity (Wildman–Crippen MR) is 108 cm³/mol. The Morgan fingerprint density at radius 2 is 1.44 bits per heavy atom. The quantitative estimate of drug-likeness (QED) is 0.506. The van der Waals surface area contributed by atoms with E-state index in [1.807, 2.05) is 11.8 Å². The summed E-state index contributed by atoms with van der Waals surface area (Å²) in [5.41, 5.74) is 7.42. The molecule has 0 aromatic heterocycles. The summed E-state index contributed by atoms with van der Waals surface area (Å²) in [7, 11) is 0. The highest BCUT2D eigenvalue weighted by molar-refractivity contribution is 7.99. The maximum absolute atomic E-state index is 5.03. The second-order valence-electron chi connectivity index (χ2n) is 6.61. The molecule has 3 aromatic rings. The van der Waals surface area contributed by atoms with Gasteiger partial charge < -0.3 is 0 Å². The molecule has 0 fully saturated rings. The molecule has 124 valence electrons. The summed E-state index contributed by atoms with van der Waals surface area (Å²) in [4.78, 5) is 6.29. The molecule has 0 aliphatic carbocycles. The van der Waals surface area contributed by atoms with E-state index < -0.39 is 0 Å². The number of hydrogen-bond donors (Lipinski definition) is 0. The van der Waals surface area contributed by atoms with Gasteiger partial charge in [0.05, 0.1) is 5.69 Å². The van der Waals surface area contributed by atoms with Gasteiger partial charge in [0.25, 0.3) is 0 Å². The van der Waals surface area contributed by atoms with E-state index in [0.29, 0.717) is 5.25 Å². The van der Waals surface area contributed by atoms with Crippen LogP contribution in [0, 0.1) is 13.8 Å². The Morgan fingerprint density at radius 3 is 2.16 bits per heavy atom. The Labute approximate surface area is 153 Å². The Balaban J connectivity index is 1.78.